The van der Waals surface area contributed by atoms with E-state index in [1.807, 2.05) is 6.07 Å². The van der Waals surface area contributed by atoms with Gasteiger partial charge in [0.2, 0.25) is 0 Å². The van der Waals surface area contributed by atoms with E-state index in [1.54, 1.807) is 0 Å². The van der Waals surface area contributed by atoms with Crippen molar-refractivity contribution in [2.75, 3.05) is 0 Å². The summed E-state index contributed by atoms with van der Waals surface area (Å²) in [4.78, 5) is 0. The largest absolute Gasteiger partial charge is 0.516 e. The first-order valence-corrected chi connectivity index (χ1v) is 8.08. The van der Waals surface area contributed by atoms with Crippen molar-refractivity contribution < 1.29 is 9.31 Å². The molecule has 0 unspecified atom stereocenters. The fourth-order valence-corrected chi connectivity index (χ4v) is 3.06. The molecule has 1 aliphatic heterocycles. The molecule has 0 atom stereocenters. The third-order valence-corrected chi connectivity index (χ3v) is 5.22. The van der Waals surface area contributed by atoms with Gasteiger partial charge in [-0.05, 0) is 52.7 Å². The second kappa shape index (κ2) is 5.36. The smallest absolute Gasteiger partial charge is 0.398 e. The van der Waals surface area contributed by atoms with Crippen LogP contribution in [0.3, 0.4) is 0 Å². The Labute approximate surface area is 127 Å². The van der Waals surface area contributed by atoms with Gasteiger partial charge in [-0.1, -0.05) is 19.3 Å². The molecule has 114 valence electrons. The number of aromatic nitrogens is 2. The van der Waals surface area contributed by atoms with E-state index in [0.29, 0.717) is 5.92 Å². The molecule has 1 aromatic rings. The second-order valence-corrected chi connectivity index (χ2v) is 7.31. The van der Waals surface area contributed by atoms with E-state index in [4.69, 9.17) is 9.31 Å². The molecular formula is C16H25BN2O2. The van der Waals surface area contributed by atoms with Crippen LogP contribution in [0.2, 0.25) is 0 Å². The van der Waals surface area contributed by atoms with E-state index in [-0.39, 0.29) is 11.2 Å². The molecule has 4 nitrogen and oxygen atoms in total. The molecule has 0 spiro atoms. The average Bonchev–Trinajstić information content (AvgIpc) is 2.69. The van der Waals surface area contributed by atoms with E-state index in [1.165, 1.54) is 32.1 Å². The quantitative estimate of drug-likeness (QED) is 0.785. The lowest BCUT2D eigenvalue weighted by atomic mass is 9.83. The summed E-state index contributed by atoms with van der Waals surface area (Å²) in [6.45, 7) is 8.21. The molecule has 0 aromatic carbocycles. The summed E-state index contributed by atoms with van der Waals surface area (Å²) in [5.41, 5.74) is 1.23. The minimum Gasteiger partial charge on any atom is -0.398 e. The van der Waals surface area contributed by atoms with Crippen LogP contribution in [-0.2, 0) is 9.31 Å². The zero-order valence-corrected chi connectivity index (χ0v) is 13.6. The van der Waals surface area contributed by atoms with Gasteiger partial charge in [0.1, 0.15) is 0 Å². The van der Waals surface area contributed by atoms with Crippen LogP contribution in [0.1, 0.15) is 71.4 Å². The zero-order chi connectivity index (χ0) is 15.1. The first kappa shape index (κ1) is 15.0. The maximum atomic E-state index is 6.01. The van der Waals surface area contributed by atoms with Crippen LogP contribution in [0.5, 0.6) is 0 Å². The highest BCUT2D eigenvalue weighted by atomic mass is 16.7. The number of hydrogen-bond acceptors (Lipinski definition) is 4. The van der Waals surface area contributed by atoms with Crippen molar-refractivity contribution >= 4 is 12.7 Å². The molecule has 3 rings (SSSR count). The highest BCUT2D eigenvalue weighted by Crippen LogP contribution is 2.36. The lowest BCUT2D eigenvalue weighted by Gasteiger charge is -2.32. The van der Waals surface area contributed by atoms with Gasteiger partial charge >= 0.3 is 7.12 Å². The minimum absolute atomic E-state index is 0.332. The lowest BCUT2D eigenvalue weighted by Crippen LogP contribution is -2.41. The Morgan fingerprint density at radius 3 is 2.10 bits per heavy atom. The summed E-state index contributed by atoms with van der Waals surface area (Å²) in [6.07, 6.45) is 6.46. The van der Waals surface area contributed by atoms with Gasteiger partial charge in [0, 0.05) is 5.92 Å². The van der Waals surface area contributed by atoms with Crippen LogP contribution in [0, 0.1) is 0 Å². The summed E-state index contributed by atoms with van der Waals surface area (Å²) in [7, 11) is -0.414. The van der Waals surface area contributed by atoms with Crippen molar-refractivity contribution in [3.05, 3.63) is 17.8 Å². The van der Waals surface area contributed by atoms with Gasteiger partial charge in [-0.3, -0.25) is 0 Å². The highest BCUT2D eigenvalue weighted by molar-refractivity contribution is 6.61. The third kappa shape index (κ3) is 2.86. The molecule has 0 N–H and O–H groups in total. The molecule has 2 fully saturated rings. The zero-order valence-electron chi connectivity index (χ0n) is 13.6. The fourth-order valence-electron chi connectivity index (χ4n) is 3.06. The van der Waals surface area contributed by atoms with E-state index in [0.717, 1.165) is 11.3 Å². The van der Waals surface area contributed by atoms with Crippen LogP contribution in [0.25, 0.3) is 0 Å². The monoisotopic (exact) mass is 288 g/mol. The Hall–Kier alpha value is -0.935. The number of rotatable bonds is 2. The Morgan fingerprint density at radius 1 is 0.952 bits per heavy atom. The molecule has 5 heteroatoms. The van der Waals surface area contributed by atoms with Crippen LogP contribution in [-0.4, -0.2) is 28.5 Å². The number of hydrogen-bond donors (Lipinski definition) is 0. The third-order valence-electron chi connectivity index (χ3n) is 5.22. The molecule has 0 bridgehead atoms. The predicted octanol–water partition coefficient (Wildman–Crippen LogP) is 2.82. The van der Waals surface area contributed by atoms with Crippen molar-refractivity contribution in [2.24, 2.45) is 0 Å². The van der Waals surface area contributed by atoms with Crippen LogP contribution in [0.4, 0.5) is 0 Å². The Morgan fingerprint density at radius 2 is 1.57 bits per heavy atom. The van der Waals surface area contributed by atoms with Gasteiger partial charge < -0.3 is 9.31 Å². The van der Waals surface area contributed by atoms with Crippen molar-refractivity contribution in [3.8, 4) is 0 Å². The van der Waals surface area contributed by atoms with Crippen LogP contribution >= 0.6 is 0 Å². The Kier molecular flexibility index (Phi) is 3.82. The van der Waals surface area contributed by atoms with E-state index >= 15 is 0 Å². The van der Waals surface area contributed by atoms with Crippen molar-refractivity contribution in [1.29, 1.82) is 0 Å². The predicted molar refractivity (Wildman–Crippen MR) is 83.6 cm³/mol. The second-order valence-electron chi connectivity index (χ2n) is 7.31. The molecule has 0 amide bonds. The Bertz CT molecular complexity index is 480. The first-order valence-electron chi connectivity index (χ1n) is 8.08. The van der Waals surface area contributed by atoms with E-state index in [2.05, 4.69) is 44.0 Å². The van der Waals surface area contributed by atoms with Gasteiger partial charge in [0.15, 0.2) is 0 Å². The van der Waals surface area contributed by atoms with E-state index in [9.17, 15) is 0 Å². The summed E-state index contributed by atoms with van der Waals surface area (Å²) >= 11 is 0. The van der Waals surface area contributed by atoms with Gasteiger partial charge in [-0.25, -0.2) is 0 Å². The molecule has 21 heavy (non-hydrogen) atoms. The highest BCUT2D eigenvalue weighted by Gasteiger charge is 2.52. The van der Waals surface area contributed by atoms with Crippen LogP contribution < -0.4 is 5.59 Å². The maximum absolute atomic E-state index is 6.01. The molecule has 1 saturated heterocycles. The van der Waals surface area contributed by atoms with Gasteiger partial charge in [-0.2, -0.15) is 10.2 Å². The minimum atomic E-state index is -0.414. The lowest BCUT2D eigenvalue weighted by molar-refractivity contribution is 0.00578. The Balaban J connectivity index is 1.73. The maximum Gasteiger partial charge on any atom is 0.516 e. The first-order chi connectivity index (χ1) is 9.89. The molecule has 2 aliphatic rings. The average molecular weight is 288 g/mol. The van der Waals surface area contributed by atoms with Crippen molar-refractivity contribution in [3.63, 3.8) is 0 Å². The molecule has 1 aliphatic carbocycles. The van der Waals surface area contributed by atoms with Crippen molar-refractivity contribution in [1.82, 2.24) is 10.2 Å². The molecule has 1 aromatic heterocycles. The standard InChI is InChI=1S/C16H25BN2O2/c1-15(2)16(3,4)21-17(20-15)14-11-10-13(18-19-14)12-8-6-5-7-9-12/h10-12H,5-9H2,1-4H3. The summed E-state index contributed by atoms with van der Waals surface area (Å²) in [5.74, 6) is 0.582. The van der Waals surface area contributed by atoms with Crippen LogP contribution in [0.15, 0.2) is 12.1 Å². The topological polar surface area (TPSA) is 44.2 Å². The fraction of sp³-hybridized carbons (Fsp3) is 0.750. The molecule has 1 saturated carbocycles. The number of nitrogens with zero attached hydrogens (tertiary/aromatic N) is 2. The van der Waals surface area contributed by atoms with E-state index < -0.39 is 7.12 Å². The van der Waals surface area contributed by atoms with Gasteiger partial charge in [0.05, 0.1) is 22.5 Å². The van der Waals surface area contributed by atoms with Crippen molar-refractivity contribution in [2.45, 2.75) is 76.9 Å². The van der Waals surface area contributed by atoms with Gasteiger partial charge in [0.25, 0.3) is 0 Å². The SMILES string of the molecule is CC1(C)OB(c2ccc(C3CCCCC3)nn2)OC1(C)C. The molecule has 2 heterocycles. The molecule has 0 radical (unpaired) electrons. The van der Waals surface area contributed by atoms with Gasteiger partial charge in [-0.15, -0.1) is 0 Å². The normalized spacial score (nSPS) is 25.2. The summed E-state index contributed by atoms with van der Waals surface area (Å²) < 4.78 is 12.0. The molecular weight excluding hydrogens is 263 g/mol. The summed E-state index contributed by atoms with van der Waals surface area (Å²) in [5, 5.41) is 8.80. The summed E-state index contributed by atoms with van der Waals surface area (Å²) in [6, 6.07) is 4.11.